The van der Waals surface area contributed by atoms with Crippen LogP contribution in [0.4, 0.5) is 0 Å². The van der Waals surface area contributed by atoms with Crippen LogP contribution in [0.5, 0.6) is 0 Å². The maximum Gasteiger partial charge on any atom is 0.0746 e. The molecular formula is C11H24N2O. The van der Waals surface area contributed by atoms with Gasteiger partial charge in [0, 0.05) is 26.7 Å². The lowest BCUT2D eigenvalue weighted by molar-refractivity contribution is 0.0231. The molecular weight excluding hydrogens is 176 g/mol. The Bertz CT molecular complexity index is 153. The van der Waals surface area contributed by atoms with Gasteiger partial charge in [-0.3, -0.25) is 0 Å². The largest absolute Gasteiger partial charge is 0.377 e. The van der Waals surface area contributed by atoms with Crippen molar-refractivity contribution < 1.29 is 4.74 Å². The summed E-state index contributed by atoms with van der Waals surface area (Å²) < 4.78 is 5.33. The van der Waals surface area contributed by atoms with Crippen LogP contribution in [-0.4, -0.2) is 50.3 Å². The lowest BCUT2D eigenvalue weighted by Crippen LogP contribution is -2.40. The molecule has 1 N–H and O–H groups in total. The average molecular weight is 200 g/mol. The Labute approximate surface area is 87.8 Å². The van der Waals surface area contributed by atoms with Crippen molar-refractivity contribution in [3.05, 3.63) is 0 Å². The molecule has 1 aliphatic rings. The van der Waals surface area contributed by atoms with Gasteiger partial charge < -0.3 is 15.0 Å². The van der Waals surface area contributed by atoms with E-state index in [1.54, 1.807) is 7.11 Å². The van der Waals surface area contributed by atoms with Gasteiger partial charge in [0.2, 0.25) is 0 Å². The van der Waals surface area contributed by atoms with Gasteiger partial charge in [-0.25, -0.2) is 0 Å². The molecule has 3 heteroatoms. The molecule has 14 heavy (non-hydrogen) atoms. The Kier molecular flexibility index (Phi) is 4.85. The van der Waals surface area contributed by atoms with Crippen molar-refractivity contribution in [3.8, 4) is 0 Å². The number of hydrogen-bond acceptors (Lipinski definition) is 3. The minimum Gasteiger partial charge on any atom is -0.377 e. The Hall–Kier alpha value is -0.120. The molecule has 1 aliphatic heterocycles. The van der Waals surface area contributed by atoms with E-state index >= 15 is 0 Å². The van der Waals surface area contributed by atoms with Crippen molar-refractivity contribution in [2.24, 2.45) is 0 Å². The normalized spacial score (nSPS) is 19.1. The number of nitrogens with zero attached hydrogens (tertiary/aromatic N) is 1. The minimum atomic E-state index is -0.0367. The molecule has 1 saturated heterocycles. The van der Waals surface area contributed by atoms with Gasteiger partial charge in [0.25, 0.3) is 0 Å². The zero-order valence-corrected chi connectivity index (χ0v) is 9.81. The third-order valence-electron chi connectivity index (χ3n) is 2.91. The fourth-order valence-electron chi connectivity index (χ4n) is 1.70. The van der Waals surface area contributed by atoms with Crippen LogP contribution in [0.1, 0.15) is 26.7 Å². The number of ether oxygens (including phenoxy) is 1. The second-order valence-electron chi connectivity index (χ2n) is 4.69. The standard InChI is InChI=1S/C11H24N2O/c1-11(2,14-3)10-12-6-9-13-7-4-5-8-13/h12H,4-10H2,1-3H3. The highest BCUT2D eigenvalue weighted by Crippen LogP contribution is 2.06. The monoisotopic (exact) mass is 200 g/mol. The Morgan fingerprint density at radius 3 is 2.50 bits per heavy atom. The minimum absolute atomic E-state index is 0.0367. The third kappa shape index (κ3) is 4.40. The molecule has 1 fully saturated rings. The Morgan fingerprint density at radius 1 is 1.29 bits per heavy atom. The summed E-state index contributed by atoms with van der Waals surface area (Å²) in [5.41, 5.74) is -0.0367. The van der Waals surface area contributed by atoms with E-state index in [1.807, 2.05) is 0 Å². The lowest BCUT2D eigenvalue weighted by atomic mass is 10.1. The molecule has 0 aromatic heterocycles. The van der Waals surface area contributed by atoms with Crippen LogP contribution in [0.3, 0.4) is 0 Å². The molecule has 0 bridgehead atoms. The number of hydrogen-bond donors (Lipinski definition) is 1. The van der Waals surface area contributed by atoms with Crippen LogP contribution in [0.25, 0.3) is 0 Å². The molecule has 0 amide bonds. The summed E-state index contributed by atoms with van der Waals surface area (Å²) in [5.74, 6) is 0. The van der Waals surface area contributed by atoms with E-state index in [2.05, 4.69) is 24.1 Å². The number of likely N-dealkylation sites (tertiary alicyclic amines) is 1. The van der Waals surface area contributed by atoms with E-state index in [1.165, 1.54) is 32.5 Å². The molecule has 0 saturated carbocycles. The zero-order chi connectivity index (χ0) is 10.4. The third-order valence-corrected chi connectivity index (χ3v) is 2.91. The lowest BCUT2D eigenvalue weighted by Gasteiger charge is -2.24. The van der Waals surface area contributed by atoms with Crippen molar-refractivity contribution in [3.63, 3.8) is 0 Å². The van der Waals surface area contributed by atoms with Crippen LogP contribution in [0, 0.1) is 0 Å². The molecule has 0 aromatic carbocycles. The highest BCUT2D eigenvalue weighted by atomic mass is 16.5. The maximum atomic E-state index is 5.33. The second kappa shape index (κ2) is 5.69. The Balaban J connectivity index is 1.98. The van der Waals surface area contributed by atoms with Crippen molar-refractivity contribution in [2.75, 3.05) is 39.8 Å². The van der Waals surface area contributed by atoms with E-state index < -0.39 is 0 Å². The van der Waals surface area contributed by atoms with E-state index in [-0.39, 0.29) is 5.60 Å². The predicted molar refractivity (Wildman–Crippen MR) is 59.6 cm³/mol. The topological polar surface area (TPSA) is 24.5 Å². The first-order valence-corrected chi connectivity index (χ1v) is 5.62. The average Bonchev–Trinajstić information content (AvgIpc) is 2.65. The summed E-state index contributed by atoms with van der Waals surface area (Å²) in [4.78, 5) is 2.52. The molecule has 3 nitrogen and oxygen atoms in total. The summed E-state index contributed by atoms with van der Waals surface area (Å²) in [6.07, 6.45) is 2.76. The van der Waals surface area contributed by atoms with Crippen LogP contribution in [0.15, 0.2) is 0 Å². The van der Waals surface area contributed by atoms with Crippen LogP contribution < -0.4 is 5.32 Å². The van der Waals surface area contributed by atoms with Crippen LogP contribution in [0.2, 0.25) is 0 Å². The van der Waals surface area contributed by atoms with Crippen LogP contribution in [-0.2, 0) is 4.74 Å². The highest BCUT2D eigenvalue weighted by Gasteiger charge is 2.15. The molecule has 1 heterocycles. The molecule has 0 unspecified atom stereocenters. The smallest absolute Gasteiger partial charge is 0.0746 e. The van der Waals surface area contributed by atoms with Crippen molar-refractivity contribution in [1.82, 2.24) is 10.2 Å². The van der Waals surface area contributed by atoms with Crippen molar-refractivity contribution in [1.29, 1.82) is 0 Å². The number of methoxy groups -OCH3 is 1. The maximum absolute atomic E-state index is 5.33. The zero-order valence-electron chi connectivity index (χ0n) is 9.81. The molecule has 0 atom stereocenters. The molecule has 0 aromatic rings. The molecule has 0 radical (unpaired) electrons. The van der Waals surface area contributed by atoms with E-state index in [0.29, 0.717) is 0 Å². The van der Waals surface area contributed by atoms with Gasteiger partial charge in [-0.15, -0.1) is 0 Å². The molecule has 1 rings (SSSR count). The van der Waals surface area contributed by atoms with E-state index in [0.717, 1.165) is 13.1 Å². The van der Waals surface area contributed by atoms with Gasteiger partial charge in [-0.2, -0.15) is 0 Å². The number of rotatable bonds is 6. The quantitative estimate of drug-likeness (QED) is 0.650. The molecule has 84 valence electrons. The van der Waals surface area contributed by atoms with E-state index in [9.17, 15) is 0 Å². The summed E-state index contributed by atoms with van der Waals surface area (Å²) in [6, 6.07) is 0. The van der Waals surface area contributed by atoms with Crippen molar-refractivity contribution >= 4 is 0 Å². The molecule has 0 spiro atoms. The summed E-state index contributed by atoms with van der Waals surface area (Å²) in [5, 5.41) is 3.44. The summed E-state index contributed by atoms with van der Waals surface area (Å²) in [7, 11) is 1.77. The first-order valence-electron chi connectivity index (χ1n) is 5.62. The Morgan fingerprint density at radius 2 is 1.93 bits per heavy atom. The van der Waals surface area contributed by atoms with Gasteiger partial charge in [0.1, 0.15) is 0 Å². The first-order chi connectivity index (χ1) is 6.64. The van der Waals surface area contributed by atoms with Gasteiger partial charge in [0.15, 0.2) is 0 Å². The molecule has 0 aliphatic carbocycles. The predicted octanol–water partition coefficient (Wildman–Crippen LogP) is 1.10. The summed E-state index contributed by atoms with van der Waals surface area (Å²) >= 11 is 0. The highest BCUT2D eigenvalue weighted by molar-refractivity contribution is 4.72. The summed E-state index contributed by atoms with van der Waals surface area (Å²) in [6.45, 7) is 9.97. The fraction of sp³-hybridized carbons (Fsp3) is 1.00. The van der Waals surface area contributed by atoms with Gasteiger partial charge in [-0.05, 0) is 39.8 Å². The second-order valence-corrected chi connectivity index (χ2v) is 4.69. The first kappa shape index (κ1) is 12.0. The van der Waals surface area contributed by atoms with Gasteiger partial charge in [0.05, 0.1) is 5.60 Å². The van der Waals surface area contributed by atoms with Gasteiger partial charge >= 0.3 is 0 Å². The fourth-order valence-corrected chi connectivity index (χ4v) is 1.70. The number of nitrogens with one attached hydrogen (secondary N) is 1. The van der Waals surface area contributed by atoms with Gasteiger partial charge in [-0.1, -0.05) is 0 Å². The van der Waals surface area contributed by atoms with Crippen molar-refractivity contribution in [2.45, 2.75) is 32.3 Å². The van der Waals surface area contributed by atoms with E-state index in [4.69, 9.17) is 4.74 Å². The SMILES string of the molecule is COC(C)(C)CNCCN1CCCC1. The van der Waals surface area contributed by atoms with Crippen LogP contribution >= 0.6 is 0 Å².